The summed E-state index contributed by atoms with van der Waals surface area (Å²) in [6.45, 7) is 5.45. The van der Waals surface area contributed by atoms with Gasteiger partial charge in [0.05, 0.1) is 11.1 Å². The van der Waals surface area contributed by atoms with Gasteiger partial charge < -0.3 is 5.73 Å². The Balaban J connectivity index is 2.46. The minimum Gasteiger partial charge on any atom is -0.320 e. The van der Waals surface area contributed by atoms with Crippen molar-refractivity contribution >= 4 is 22.9 Å². The van der Waals surface area contributed by atoms with Crippen molar-refractivity contribution < 1.29 is 4.39 Å². The molecule has 0 saturated heterocycles. The number of aryl methyl sites for hydroxylation is 3. The minimum atomic E-state index is -0.297. The maximum absolute atomic E-state index is 13.6. The molecule has 2 N–H and O–H groups in total. The summed E-state index contributed by atoms with van der Waals surface area (Å²) >= 11 is 7.77. The Bertz CT molecular complexity index is 568. The van der Waals surface area contributed by atoms with Gasteiger partial charge in [0.1, 0.15) is 5.82 Å². The largest absolute Gasteiger partial charge is 0.320 e. The summed E-state index contributed by atoms with van der Waals surface area (Å²) in [7, 11) is 0. The van der Waals surface area contributed by atoms with Gasteiger partial charge in [-0.05, 0) is 48.4 Å². The molecule has 0 saturated carbocycles. The zero-order valence-electron chi connectivity index (χ0n) is 10.6. The van der Waals surface area contributed by atoms with Crippen molar-refractivity contribution in [1.29, 1.82) is 0 Å². The third-order valence-corrected chi connectivity index (χ3v) is 4.82. The highest BCUT2D eigenvalue weighted by atomic mass is 35.5. The van der Waals surface area contributed by atoms with Crippen LogP contribution in [0.15, 0.2) is 17.5 Å². The van der Waals surface area contributed by atoms with Gasteiger partial charge in [-0.2, -0.15) is 0 Å². The Morgan fingerprint density at radius 2 is 1.72 bits per heavy atom. The number of benzene rings is 1. The second kappa shape index (κ2) is 5.00. The molecule has 0 amide bonds. The van der Waals surface area contributed by atoms with Crippen molar-refractivity contribution in [1.82, 2.24) is 0 Å². The van der Waals surface area contributed by atoms with Gasteiger partial charge in [-0.15, -0.1) is 11.3 Å². The van der Waals surface area contributed by atoms with E-state index in [1.165, 1.54) is 0 Å². The molecular formula is C14H15ClFNS. The quantitative estimate of drug-likeness (QED) is 0.862. The normalized spacial score (nSPS) is 12.8. The maximum Gasteiger partial charge on any atom is 0.129 e. The van der Waals surface area contributed by atoms with Crippen LogP contribution in [0.2, 0.25) is 5.02 Å². The molecular weight excluding hydrogens is 269 g/mol. The third kappa shape index (κ3) is 2.30. The maximum atomic E-state index is 13.6. The first-order valence-electron chi connectivity index (χ1n) is 5.67. The van der Waals surface area contributed by atoms with Crippen LogP contribution in [-0.4, -0.2) is 0 Å². The highest BCUT2D eigenvalue weighted by molar-refractivity contribution is 7.10. The number of halogens is 2. The van der Waals surface area contributed by atoms with Crippen molar-refractivity contribution in [2.24, 2.45) is 5.73 Å². The molecule has 0 spiro atoms. The molecule has 1 nitrogen and oxygen atoms in total. The summed E-state index contributed by atoms with van der Waals surface area (Å²) in [6, 6.07) is 3.28. The van der Waals surface area contributed by atoms with Crippen molar-refractivity contribution in [3.05, 3.63) is 55.5 Å². The monoisotopic (exact) mass is 283 g/mol. The van der Waals surface area contributed by atoms with Crippen molar-refractivity contribution in [3.8, 4) is 0 Å². The summed E-state index contributed by atoms with van der Waals surface area (Å²) in [6.07, 6.45) is 0. The number of nitrogens with two attached hydrogens (primary N) is 1. The van der Waals surface area contributed by atoms with Gasteiger partial charge in [0, 0.05) is 4.88 Å². The molecule has 1 atom stereocenters. The molecule has 1 heterocycles. The Hall–Kier alpha value is -0.900. The van der Waals surface area contributed by atoms with Crippen molar-refractivity contribution in [2.45, 2.75) is 26.8 Å². The zero-order valence-corrected chi connectivity index (χ0v) is 12.1. The fourth-order valence-electron chi connectivity index (χ4n) is 1.97. The number of thiophene rings is 1. The number of rotatable bonds is 2. The lowest BCUT2D eigenvalue weighted by Gasteiger charge is -2.14. The number of hydrogen-bond donors (Lipinski definition) is 1. The molecule has 0 aliphatic rings. The molecule has 0 aliphatic carbocycles. The minimum absolute atomic E-state index is 0.167. The van der Waals surface area contributed by atoms with E-state index in [0.717, 1.165) is 16.0 Å². The lowest BCUT2D eigenvalue weighted by molar-refractivity contribution is 0.607. The fraction of sp³-hybridized carbons (Fsp3) is 0.286. The topological polar surface area (TPSA) is 26.0 Å². The number of hydrogen-bond acceptors (Lipinski definition) is 2. The van der Waals surface area contributed by atoms with E-state index in [4.69, 9.17) is 17.3 Å². The second-order valence-corrected chi connectivity index (χ2v) is 5.83. The molecule has 2 aromatic rings. The molecule has 1 aromatic carbocycles. The highest BCUT2D eigenvalue weighted by Crippen LogP contribution is 2.35. The van der Waals surface area contributed by atoms with Crippen LogP contribution in [-0.2, 0) is 0 Å². The van der Waals surface area contributed by atoms with Crippen LogP contribution >= 0.6 is 22.9 Å². The van der Waals surface area contributed by atoms with Crippen LogP contribution in [0.25, 0.3) is 0 Å². The van der Waals surface area contributed by atoms with Gasteiger partial charge >= 0.3 is 0 Å². The van der Waals surface area contributed by atoms with Crippen LogP contribution in [0.5, 0.6) is 0 Å². The first-order valence-corrected chi connectivity index (χ1v) is 6.93. The summed E-state index contributed by atoms with van der Waals surface area (Å²) in [5, 5.41) is 2.70. The first-order chi connectivity index (χ1) is 8.41. The average molecular weight is 284 g/mol. The average Bonchev–Trinajstić information content (AvgIpc) is 2.65. The van der Waals surface area contributed by atoms with Crippen LogP contribution in [0.3, 0.4) is 0 Å². The molecule has 96 valence electrons. The Kier molecular flexibility index (Phi) is 3.76. The summed E-state index contributed by atoms with van der Waals surface area (Å²) in [5.74, 6) is -0.167. The zero-order chi connectivity index (χ0) is 13.4. The molecule has 0 radical (unpaired) electrons. The first kappa shape index (κ1) is 13.5. The predicted octanol–water partition coefficient (Wildman–Crippen LogP) is 4.51. The molecule has 2 rings (SSSR count). The molecule has 0 aliphatic heterocycles. The van der Waals surface area contributed by atoms with Crippen molar-refractivity contribution in [3.63, 3.8) is 0 Å². The predicted molar refractivity (Wildman–Crippen MR) is 76.0 cm³/mol. The third-order valence-electron chi connectivity index (χ3n) is 3.03. The van der Waals surface area contributed by atoms with Gasteiger partial charge in [-0.3, -0.25) is 0 Å². The van der Waals surface area contributed by atoms with Gasteiger partial charge in [0.25, 0.3) is 0 Å². The second-order valence-electron chi connectivity index (χ2n) is 4.54. The van der Waals surface area contributed by atoms with E-state index >= 15 is 0 Å². The molecule has 0 bridgehead atoms. The molecule has 1 unspecified atom stereocenters. The van der Waals surface area contributed by atoms with Gasteiger partial charge in [0.2, 0.25) is 0 Å². The smallest absolute Gasteiger partial charge is 0.129 e. The van der Waals surface area contributed by atoms with E-state index in [1.807, 2.05) is 12.3 Å². The lowest BCUT2D eigenvalue weighted by Crippen LogP contribution is -2.12. The van der Waals surface area contributed by atoms with Crippen molar-refractivity contribution in [2.75, 3.05) is 0 Å². The van der Waals surface area contributed by atoms with Gasteiger partial charge in [-0.25, -0.2) is 4.39 Å². The van der Waals surface area contributed by atoms with Crippen LogP contribution in [0.1, 0.15) is 33.2 Å². The van der Waals surface area contributed by atoms with E-state index in [9.17, 15) is 4.39 Å². The Morgan fingerprint density at radius 1 is 1.17 bits per heavy atom. The summed E-state index contributed by atoms with van der Waals surface area (Å²) in [4.78, 5) is 0.930. The van der Waals surface area contributed by atoms with Crippen LogP contribution in [0, 0.1) is 26.6 Å². The fourth-order valence-corrected chi connectivity index (χ4v) is 3.31. The highest BCUT2D eigenvalue weighted by Gasteiger charge is 2.17. The van der Waals surface area contributed by atoms with Crippen LogP contribution in [0.4, 0.5) is 4.39 Å². The molecule has 1 aromatic heterocycles. The molecule has 4 heteroatoms. The SMILES string of the molecule is Cc1cc(C(N)c2scc(C)c2Cl)cc(C)c1F. The van der Waals surface area contributed by atoms with E-state index < -0.39 is 0 Å². The van der Waals surface area contributed by atoms with Gasteiger partial charge in [0.15, 0.2) is 0 Å². The lowest BCUT2D eigenvalue weighted by atomic mass is 10.00. The standard InChI is InChI=1S/C14H15ClFNS/c1-7-4-10(5-8(2)12(7)16)13(17)14-11(15)9(3)6-18-14/h4-6,13H,17H2,1-3H3. The Morgan fingerprint density at radius 3 is 2.17 bits per heavy atom. The van der Waals surface area contributed by atoms with Crippen LogP contribution < -0.4 is 5.73 Å². The van der Waals surface area contributed by atoms with E-state index in [2.05, 4.69) is 0 Å². The molecule has 18 heavy (non-hydrogen) atoms. The van der Waals surface area contributed by atoms with E-state index in [-0.39, 0.29) is 11.9 Å². The summed E-state index contributed by atoms with van der Waals surface area (Å²) in [5.41, 5.74) is 9.38. The van der Waals surface area contributed by atoms with Gasteiger partial charge in [-0.1, -0.05) is 23.7 Å². The molecule has 0 fully saturated rings. The summed E-state index contributed by atoms with van der Waals surface area (Å²) < 4.78 is 13.6. The van der Waals surface area contributed by atoms with E-state index in [1.54, 1.807) is 37.3 Å². The Labute approximate surface area is 115 Å². The van der Waals surface area contributed by atoms with E-state index in [0.29, 0.717) is 16.1 Å².